The van der Waals surface area contributed by atoms with Gasteiger partial charge in [0.15, 0.2) is 0 Å². The quantitative estimate of drug-likeness (QED) is 0.791. The second-order valence-electron chi connectivity index (χ2n) is 3.34. The molecule has 1 aliphatic heterocycles. The van der Waals surface area contributed by atoms with Crippen LogP contribution in [0.2, 0.25) is 0 Å². The van der Waals surface area contributed by atoms with Gasteiger partial charge in [-0.3, -0.25) is 0 Å². The zero-order chi connectivity index (χ0) is 9.10. The number of hydrogen-bond acceptors (Lipinski definition) is 2. The molecule has 13 heavy (non-hydrogen) atoms. The SMILES string of the molecule is CCSCc1ccc2c(c1)CNC2. The molecule has 0 amide bonds. The third-order valence-corrected chi connectivity index (χ3v) is 3.32. The number of thioether (sulfide) groups is 1. The normalized spacial score (nSPS) is 14.5. The third-order valence-electron chi connectivity index (χ3n) is 2.37. The topological polar surface area (TPSA) is 12.0 Å². The molecule has 1 heterocycles. The highest BCUT2D eigenvalue weighted by molar-refractivity contribution is 7.98. The number of fused-ring (bicyclic) bond motifs is 1. The van der Waals surface area contributed by atoms with Gasteiger partial charge in [0.1, 0.15) is 0 Å². The van der Waals surface area contributed by atoms with E-state index in [1.807, 2.05) is 11.8 Å². The van der Waals surface area contributed by atoms with Crippen LogP contribution in [0.4, 0.5) is 0 Å². The van der Waals surface area contributed by atoms with E-state index in [0.29, 0.717) is 0 Å². The van der Waals surface area contributed by atoms with Crippen LogP contribution < -0.4 is 5.32 Å². The van der Waals surface area contributed by atoms with Gasteiger partial charge in [0.25, 0.3) is 0 Å². The lowest BCUT2D eigenvalue weighted by Gasteiger charge is -2.02. The summed E-state index contributed by atoms with van der Waals surface area (Å²) in [4.78, 5) is 0. The van der Waals surface area contributed by atoms with Crippen LogP contribution in [0.25, 0.3) is 0 Å². The highest BCUT2D eigenvalue weighted by Gasteiger charge is 2.09. The number of rotatable bonds is 3. The zero-order valence-corrected chi connectivity index (χ0v) is 8.79. The molecule has 0 fully saturated rings. The molecule has 2 rings (SSSR count). The minimum absolute atomic E-state index is 1.05. The Morgan fingerprint density at radius 2 is 2.15 bits per heavy atom. The van der Waals surface area contributed by atoms with Crippen molar-refractivity contribution in [3.8, 4) is 0 Å². The number of nitrogens with one attached hydrogen (secondary N) is 1. The van der Waals surface area contributed by atoms with Crippen LogP contribution in [0.3, 0.4) is 0 Å². The Morgan fingerprint density at radius 1 is 1.31 bits per heavy atom. The average molecular weight is 193 g/mol. The van der Waals surface area contributed by atoms with E-state index in [4.69, 9.17) is 0 Å². The van der Waals surface area contributed by atoms with Gasteiger partial charge in [-0.05, 0) is 22.4 Å². The van der Waals surface area contributed by atoms with Gasteiger partial charge in [0, 0.05) is 18.8 Å². The van der Waals surface area contributed by atoms with Crippen molar-refractivity contribution in [1.29, 1.82) is 0 Å². The predicted molar refractivity (Wildman–Crippen MR) is 58.8 cm³/mol. The first kappa shape index (κ1) is 9.10. The predicted octanol–water partition coefficient (Wildman–Crippen LogP) is 2.54. The van der Waals surface area contributed by atoms with Crippen LogP contribution in [0.15, 0.2) is 18.2 Å². The Labute approximate surface area is 83.9 Å². The van der Waals surface area contributed by atoms with Crippen LogP contribution in [-0.2, 0) is 18.8 Å². The molecule has 0 saturated carbocycles. The van der Waals surface area contributed by atoms with Crippen molar-refractivity contribution in [3.05, 3.63) is 34.9 Å². The van der Waals surface area contributed by atoms with Gasteiger partial charge in [-0.2, -0.15) is 11.8 Å². The fourth-order valence-electron chi connectivity index (χ4n) is 1.66. The van der Waals surface area contributed by atoms with Crippen molar-refractivity contribution in [1.82, 2.24) is 5.32 Å². The fourth-order valence-corrected chi connectivity index (χ4v) is 2.28. The lowest BCUT2D eigenvalue weighted by atomic mass is 10.1. The molecule has 1 aromatic carbocycles. The van der Waals surface area contributed by atoms with Crippen LogP contribution >= 0.6 is 11.8 Å². The lowest BCUT2D eigenvalue weighted by Crippen LogP contribution is -1.99. The van der Waals surface area contributed by atoms with E-state index in [1.165, 1.54) is 22.4 Å². The first-order chi connectivity index (χ1) is 6.40. The van der Waals surface area contributed by atoms with Crippen molar-refractivity contribution in [2.75, 3.05) is 5.75 Å². The van der Waals surface area contributed by atoms with Crippen molar-refractivity contribution in [2.45, 2.75) is 25.8 Å². The molecule has 1 nitrogen and oxygen atoms in total. The molecule has 0 saturated heterocycles. The minimum atomic E-state index is 1.05. The smallest absolute Gasteiger partial charge is 0.0212 e. The molecule has 70 valence electrons. The summed E-state index contributed by atoms with van der Waals surface area (Å²) in [6.07, 6.45) is 0. The van der Waals surface area contributed by atoms with Gasteiger partial charge in [-0.25, -0.2) is 0 Å². The zero-order valence-electron chi connectivity index (χ0n) is 7.97. The van der Waals surface area contributed by atoms with Crippen molar-refractivity contribution >= 4 is 11.8 Å². The Hall–Kier alpha value is -0.470. The fraction of sp³-hybridized carbons (Fsp3) is 0.455. The summed E-state index contributed by atoms with van der Waals surface area (Å²) in [6, 6.07) is 6.87. The molecule has 1 N–H and O–H groups in total. The van der Waals surface area contributed by atoms with Crippen molar-refractivity contribution in [2.24, 2.45) is 0 Å². The van der Waals surface area contributed by atoms with Gasteiger partial charge in [0.2, 0.25) is 0 Å². The molecule has 0 atom stereocenters. The summed E-state index contributed by atoms with van der Waals surface area (Å²) in [5.74, 6) is 2.36. The van der Waals surface area contributed by atoms with Gasteiger partial charge >= 0.3 is 0 Å². The molecule has 1 aliphatic rings. The monoisotopic (exact) mass is 193 g/mol. The van der Waals surface area contributed by atoms with Crippen LogP contribution in [0.1, 0.15) is 23.6 Å². The average Bonchev–Trinajstić information content (AvgIpc) is 2.61. The highest BCUT2D eigenvalue weighted by atomic mass is 32.2. The Balaban J connectivity index is 2.12. The summed E-state index contributed by atoms with van der Waals surface area (Å²) in [6.45, 7) is 4.32. The largest absolute Gasteiger partial charge is 0.309 e. The first-order valence-corrected chi connectivity index (χ1v) is 5.94. The van der Waals surface area contributed by atoms with Crippen molar-refractivity contribution in [3.63, 3.8) is 0 Å². The maximum Gasteiger partial charge on any atom is 0.0212 e. The van der Waals surface area contributed by atoms with Crippen LogP contribution in [0, 0.1) is 0 Å². The van der Waals surface area contributed by atoms with E-state index >= 15 is 0 Å². The second-order valence-corrected chi connectivity index (χ2v) is 4.62. The molecule has 0 aromatic heterocycles. The lowest BCUT2D eigenvalue weighted by molar-refractivity contribution is 0.764. The van der Waals surface area contributed by atoms with E-state index < -0.39 is 0 Å². The first-order valence-electron chi connectivity index (χ1n) is 4.79. The molecule has 0 radical (unpaired) electrons. The number of hydrogen-bond donors (Lipinski definition) is 1. The van der Waals surface area contributed by atoms with Gasteiger partial charge in [0.05, 0.1) is 0 Å². The van der Waals surface area contributed by atoms with E-state index in [2.05, 4.69) is 30.4 Å². The maximum absolute atomic E-state index is 3.36. The Bertz CT molecular complexity index is 296. The van der Waals surface area contributed by atoms with E-state index in [0.717, 1.165) is 18.8 Å². The summed E-state index contributed by atoms with van der Waals surface area (Å²) >= 11 is 1.99. The minimum Gasteiger partial charge on any atom is -0.309 e. The summed E-state index contributed by atoms with van der Waals surface area (Å²) < 4.78 is 0. The third kappa shape index (κ3) is 2.06. The molecule has 0 bridgehead atoms. The molecular weight excluding hydrogens is 178 g/mol. The Kier molecular flexibility index (Phi) is 2.91. The number of benzene rings is 1. The van der Waals surface area contributed by atoms with E-state index in [1.54, 1.807) is 0 Å². The molecule has 0 aliphatic carbocycles. The molecular formula is C11H15NS. The van der Waals surface area contributed by atoms with Crippen molar-refractivity contribution < 1.29 is 0 Å². The van der Waals surface area contributed by atoms with E-state index in [-0.39, 0.29) is 0 Å². The molecule has 1 aromatic rings. The highest BCUT2D eigenvalue weighted by Crippen LogP contribution is 2.19. The maximum atomic E-state index is 3.36. The van der Waals surface area contributed by atoms with Crippen LogP contribution in [-0.4, -0.2) is 5.75 Å². The van der Waals surface area contributed by atoms with Gasteiger partial charge in [-0.1, -0.05) is 25.1 Å². The summed E-state index contributed by atoms with van der Waals surface area (Å²) in [5.41, 5.74) is 4.44. The summed E-state index contributed by atoms with van der Waals surface area (Å²) in [7, 11) is 0. The van der Waals surface area contributed by atoms with Gasteiger partial charge in [-0.15, -0.1) is 0 Å². The van der Waals surface area contributed by atoms with E-state index in [9.17, 15) is 0 Å². The standard InChI is InChI=1S/C11H15NS/c1-2-13-8-9-3-4-10-6-12-7-11(10)5-9/h3-5,12H,2,6-8H2,1H3. The second kappa shape index (κ2) is 4.16. The molecule has 0 spiro atoms. The molecule has 2 heteroatoms. The molecule has 0 unspecified atom stereocenters. The summed E-state index contributed by atoms with van der Waals surface area (Å²) in [5, 5.41) is 3.36. The van der Waals surface area contributed by atoms with Crippen LogP contribution in [0.5, 0.6) is 0 Å². The Morgan fingerprint density at radius 3 is 3.00 bits per heavy atom. The van der Waals surface area contributed by atoms with Gasteiger partial charge < -0.3 is 5.32 Å².